The average Bonchev–Trinajstić information content (AvgIpc) is 2.67. The third kappa shape index (κ3) is 2.40. The molecular formula is C12H20N2O. The third-order valence-electron chi connectivity index (χ3n) is 2.93. The van der Waals surface area contributed by atoms with Gasteiger partial charge in [0.1, 0.15) is 11.5 Å². The molecule has 3 heteroatoms. The van der Waals surface area contributed by atoms with Crippen LogP contribution in [0.15, 0.2) is 10.6 Å². The van der Waals surface area contributed by atoms with Crippen molar-refractivity contribution in [3.63, 3.8) is 0 Å². The van der Waals surface area contributed by atoms with Gasteiger partial charge in [-0.2, -0.15) is 0 Å². The zero-order valence-corrected chi connectivity index (χ0v) is 9.84. The van der Waals surface area contributed by atoms with Crippen LogP contribution in [0.2, 0.25) is 0 Å². The zero-order valence-electron chi connectivity index (χ0n) is 9.84. The van der Waals surface area contributed by atoms with E-state index in [1.54, 1.807) is 0 Å². The van der Waals surface area contributed by atoms with Crippen LogP contribution in [-0.4, -0.2) is 11.7 Å². The number of nitrogens with zero attached hydrogens (tertiary/aromatic N) is 1. The molecule has 0 spiro atoms. The first-order valence-corrected chi connectivity index (χ1v) is 5.78. The average molecular weight is 208 g/mol. The molecule has 0 saturated carbocycles. The lowest BCUT2D eigenvalue weighted by molar-refractivity contribution is 0.314. The fourth-order valence-electron chi connectivity index (χ4n) is 1.91. The second kappa shape index (κ2) is 3.97. The Bertz CT molecular complexity index is 319. The lowest BCUT2D eigenvalue weighted by Gasteiger charge is -2.20. The van der Waals surface area contributed by atoms with Crippen molar-refractivity contribution in [2.24, 2.45) is 0 Å². The van der Waals surface area contributed by atoms with E-state index in [0.717, 1.165) is 18.0 Å². The third-order valence-corrected chi connectivity index (χ3v) is 2.93. The van der Waals surface area contributed by atoms with Gasteiger partial charge in [0.15, 0.2) is 0 Å². The van der Waals surface area contributed by atoms with Crippen LogP contribution < -0.4 is 5.32 Å². The minimum absolute atomic E-state index is 0.0555. The molecule has 1 fully saturated rings. The number of hydrogen-bond donors (Lipinski definition) is 1. The minimum atomic E-state index is 0.0555. The van der Waals surface area contributed by atoms with Crippen LogP contribution in [0.5, 0.6) is 0 Å². The molecule has 0 aromatic carbocycles. The summed E-state index contributed by atoms with van der Waals surface area (Å²) >= 11 is 0. The van der Waals surface area contributed by atoms with Gasteiger partial charge in [0.05, 0.1) is 6.04 Å². The van der Waals surface area contributed by atoms with Gasteiger partial charge in [-0.1, -0.05) is 32.3 Å². The van der Waals surface area contributed by atoms with Crippen LogP contribution in [0.4, 0.5) is 0 Å². The highest BCUT2D eigenvalue weighted by atomic mass is 16.5. The van der Waals surface area contributed by atoms with Crippen LogP contribution in [0.3, 0.4) is 0 Å². The molecule has 1 atom stereocenters. The molecule has 2 rings (SSSR count). The molecule has 15 heavy (non-hydrogen) atoms. The topological polar surface area (TPSA) is 38.1 Å². The highest BCUT2D eigenvalue weighted by Crippen LogP contribution is 2.27. The van der Waals surface area contributed by atoms with E-state index >= 15 is 0 Å². The van der Waals surface area contributed by atoms with Crippen molar-refractivity contribution in [1.82, 2.24) is 10.5 Å². The minimum Gasteiger partial charge on any atom is -0.361 e. The smallest absolute Gasteiger partial charge is 0.142 e. The Kier molecular flexibility index (Phi) is 2.83. The summed E-state index contributed by atoms with van der Waals surface area (Å²) in [5.41, 5.74) is 1.12. The van der Waals surface area contributed by atoms with E-state index in [1.807, 2.05) is 0 Å². The van der Waals surface area contributed by atoms with Crippen molar-refractivity contribution in [1.29, 1.82) is 0 Å². The quantitative estimate of drug-likeness (QED) is 0.771. The van der Waals surface area contributed by atoms with Crippen molar-refractivity contribution in [2.45, 2.75) is 51.5 Å². The molecule has 1 aromatic heterocycles. The number of nitrogens with one attached hydrogen (secondary N) is 1. The van der Waals surface area contributed by atoms with Gasteiger partial charge in [0.2, 0.25) is 0 Å². The molecule has 1 saturated heterocycles. The molecule has 1 aliphatic rings. The van der Waals surface area contributed by atoms with E-state index in [9.17, 15) is 0 Å². The standard InChI is InChI=1S/C12H20N2O/c1-12(2,3)11-8-10(14-15-11)9-6-4-5-7-13-9/h8-9,13H,4-7H2,1-3H3. The molecule has 0 radical (unpaired) electrons. The summed E-state index contributed by atoms with van der Waals surface area (Å²) < 4.78 is 5.39. The molecule has 0 bridgehead atoms. The van der Waals surface area contributed by atoms with Crippen LogP contribution in [0.1, 0.15) is 57.5 Å². The van der Waals surface area contributed by atoms with Crippen molar-refractivity contribution >= 4 is 0 Å². The second-order valence-electron chi connectivity index (χ2n) is 5.37. The van der Waals surface area contributed by atoms with Crippen LogP contribution in [0, 0.1) is 0 Å². The van der Waals surface area contributed by atoms with Crippen molar-refractivity contribution in [3.8, 4) is 0 Å². The SMILES string of the molecule is CC(C)(C)c1cc(C2CCCCN2)no1. The predicted octanol–water partition coefficient (Wildman–Crippen LogP) is 2.79. The first-order chi connectivity index (χ1) is 7.07. The fourth-order valence-corrected chi connectivity index (χ4v) is 1.91. The second-order valence-corrected chi connectivity index (χ2v) is 5.37. The van der Waals surface area contributed by atoms with Gasteiger partial charge in [-0.25, -0.2) is 0 Å². The molecule has 3 nitrogen and oxygen atoms in total. The van der Waals surface area contributed by atoms with Crippen molar-refractivity contribution < 1.29 is 4.52 Å². The van der Waals surface area contributed by atoms with Crippen molar-refractivity contribution in [3.05, 3.63) is 17.5 Å². The molecule has 1 aliphatic heterocycles. The first kappa shape index (κ1) is 10.7. The summed E-state index contributed by atoms with van der Waals surface area (Å²) in [5.74, 6) is 0.977. The van der Waals surface area contributed by atoms with Gasteiger partial charge >= 0.3 is 0 Å². The predicted molar refractivity (Wildman–Crippen MR) is 59.8 cm³/mol. The summed E-state index contributed by atoms with van der Waals surface area (Å²) in [6, 6.07) is 2.50. The summed E-state index contributed by atoms with van der Waals surface area (Å²) in [5, 5.41) is 7.65. The van der Waals surface area contributed by atoms with Gasteiger partial charge < -0.3 is 9.84 Å². The summed E-state index contributed by atoms with van der Waals surface area (Å²) in [6.07, 6.45) is 3.74. The molecule has 84 valence electrons. The van der Waals surface area contributed by atoms with Gasteiger partial charge in [0.25, 0.3) is 0 Å². The molecule has 1 unspecified atom stereocenters. The Morgan fingerprint density at radius 1 is 1.40 bits per heavy atom. The van der Waals surface area contributed by atoms with E-state index in [2.05, 4.69) is 37.3 Å². The van der Waals surface area contributed by atoms with Crippen LogP contribution in [0.25, 0.3) is 0 Å². The highest BCUT2D eigenvalue weighted by Gasteiger charge is 2.23. The van der Waals surface area contributed by atoms with Gasteiger partial charge in [-0.3, -0.25) is 0 Å². The van der Waals surface area contributed by atoms with E-state index in [4.69, 9.17) is 4.52 Å². The number of hydrogen-bond acceptors (Lipinski definition) is 3. The lowest BCUT2D eigenvalue weighted by Crippen LogP contribution is -2.26. The highest BCUT2D eigenvalue weighted by molar-refractivity contribution is 5.16. The Hall–Kier alpha value is -0.830. The Morgan fingerprint density at radius 2 is 2.20 bits per heavy atom. The van der Waals surface area contributed by atoms with Gasteiger partial charge in [-0.05, 0) is 19.4 Å². The lowest BCUT2D eigenvalue weighted by atomic mass is 9.92. The molecule has 1 N–H and O–H groups in total. The van der Waals surface area contributed by atoms with Crippen LogP contribution >= 0.6 is 0 Å². The van der Waals surface area contributed by atoms with Gasteiger partial charge in [0, 0.05) is 11.5 Å². The molecule has 0 aliphatic carbocycles. The molecular weight excluding hydrogens is 188 g/mol. The van der Waals surface area contributed by atoms with E-state index < -0.39 is 0 Å². The summed E-state index contributed by atoms with van der Waals surface area (Å²) in [7, 11) is 0. The fraction of sp³-hybridized carbons (Fsp3) is 0.750. The number of aromatic nitrogens is 1. The van der Waals surface area contributed by atoms with E-state index in [0.29, 0.717) is 6.04 Å². The molecule has 1 aromatic rings. The zero-order chi connectivity index (χ0) is 10.9. The first-order valence-electron chi connectivity index (χ1n) is 5.78. The molecule has 0 amide bonds. The maximum Gasteiger partial charge on any atom is 0.142 e. The number of piperidine rings is 1. The summed E-state index contributed by atoms with van der Waals surface area (Å²) in [6.45, 7) is 7.53. The number of rotatable bonds is 1. The van der Waals surface area contributed by atoms with E-state index in [-0.39, 0.29) is 5.41 Å². The maximum absolute atomic E-state index is 5.39. The molecule has 2 heterocycles. The maximum atomic E-state index is 5.39. The van der Waals surface area contributed by atoms with E-state index in [1.165, 1.54) is 19.3 Å². The monoisotopic (exact) mass is 208 g/mol. The van der Waals surface area contributed by atoms with Crippen molar-refractivity contribution in [2.75, 3.05) is 6.54 Å². The Morgan fingerprint density at radius 3 is 2.73 bits per heavy atom. The summed E-state index contributed by atoms with van der Waals surface area (Å²) in [4.78, 5) is 0. The normalized spacial score (nSPS) is 23.0. The Balaban J connectivity index is 2.12. The van der Waals surface area contributed by atoms with Gasteiger partial charge in [-0.15, -0.1) is 0 Å². The van der Waals surface area contributed by atoms with Crippen LogP contribution in [-0.2, 0) is 5.41 Å². The Labute approximate surface area is 91.2 Å². The largest absolute Gasteiger partial charge is 0.361 e.